The van der Waals surface area contributed by atoms with E-state index < -0.39 is 9.84 Å². The fourth-order valence-corrected chi connectivity index (χ4v) is 2.41. The molecule has 0 atom stereocenters. The van der Waals surface area contributed by atoms with Crippen LogP contribution in [0.2, 0.25) is 0 Å². The average Bonchev–Trinajstić information content (AvgIpc) is 2.13. The Morgan fingerprint density at radius 2 is 1.78 bits per heavy atom. The number of sulfone groups is 1. The van der Waals surface area contributed by atoms with Crippen LogP contribution < -0.4 is 5.32 Å². The minimum absolute atomic E-state index is 0.135. The van der Waals surface area contributed by atoms with E-state index in [1.54, 1.807) is 18.2 Å². The summed E-state index contributed by atoms with van der Waals surface area (Å²) in [4.78, 5) is 11.9. The molecule has 100 valence electrons. The van der Waals surface area contributed by atoms with Gasteiger partial charge in [0.15, 0.2) is 9.84 Å². The van der Waals surface area contributed by atoms with Gasteiger partial charge in [-0.3, -0.25) is 4.79 Å². The zero-order chi connectivity index (χ0) is 14.0. The molecule has 0 aliphatic carbocycles. The van der Waals surface area contributed by atoms with Crippen molar-refractivity contribution in [2.75, 3.05) is 11.6 Å². The first-order chi connectivity index (χ1) is 8.09. The van der Waals surface area contributed by atoms with Crippen molar-refractivity contribution >= 4 is 21.4 Å². The Bertz CT molecular complexity index is 542. The first-order valence-corrected chi connectivity index (χ1v) is 7.58. The molecule has 1 N–H and O–H groups in total. The van der Waals surface area contributed by atoms with Crippen molar-refractivity contribution < 1.29 is 13.2 Å². The summed E-state index contributed by atoms with van der Waals surface area (Å²) in [6.07, 6.45) is 1.47. The molecular weight excluding hydrogens is 250 g/mol. The van der Waals surface area contributed by atoms with Crippen molar-refractivity contribution in [3.8, 4) is 0 Å². The number of benzene rings is 1. The van der Waals surface area contributed by atoms with Crippen LogP contribution in [0.3, 0.4) is 0 Å². The van der Waals surface area contributed by atoms with Crippen LogP contribution in [-0.2, 0) is 14.6 Å². The van der Waals surface area contributed by atoms with Crippen LogP contribution in [0, 0.1) is 5.41 Å². The quantitative estimate of drug-likeness (QED) is 0.916. The molecule has 5 heteroatoms. The summed E-state index contributed by atoms with van der Waals surface area (Å²) in [6, 6.07) is 6.41. The van der Waals surface area contributed by atoms with E-state index in [1.807, 2.05) is 20.8 Å². The molecule has 0 saturated heterocycles. The van der Waals surface area contributed by atoms with Crippen LogP contribution >= 0.6 is 0 Å². The summed E-state index contributed by atoms with van der Waals surface area (Å²) in [5.74, 6) is -0.182. The highest BCUT2D eigenvalue weighted by Gasteiger charge is 2.18. The third-order valence-corrected chi connectivity index (χ3v) is 3.41. The van der Waals surface area contributed by atoms with E-state index in [9.17, 15) is 13.2 Å². The van der Waals surface area contributed by atoms with Gasteiger partial charge in [0.25, 0.3) is 0 Å². The van der Waals surface area contributed by atoms with Gasteiger partial charge in [-0.1, -0.05) is 32.9 Å². The topological polar surface area (TPSA) is 63.2 Å². The maximum absolute atomic E-state index is 11.8. The van der Waals surface area contributed by atoms with Gasteiger partial charge in [0, 0.05) is 12.7 Å². The number of hydrogen-bond acceptors (Lipinski definition) is 3. The predicted molar refractivity (Wildman–Crippen MR) is 72.3 cm³/mol. The summed E-state index contributed by atoms with van der Waals surface area (Å²) in [7, 11) is -3.34. The standard InChI is InChI=1S/C13H19NO3S/c1-13(2,3)9-12(15)14-10-7-5-6-8-11(10)18(4,16)17/h5-8H,9H2,1-4H3,(H,14,15). The number of para-hydroxylation sites is 1. The molecule has 0 saturated carbocycles. The molecule has 0 unspecified atom stereocenters. The number of hydrogen-bond donors (Lipinski definition) is 1. The Kier molecular flexibility index (Phi) is 4.16. The van der Waals surface area contributed by atoms with Crippen molar-refractivity contribution in [3.05, 3.63) is 24.3 Å². The molecule has 0 aliphatic rings. The summed E-state index contributed by atoms with van der Waals surface area (Å²) in [5.41, 5.74) is 0.207. The fraction of sp³-hybridized carbons (Fsp3) is 0.462. The Balaban J connectivity index is 2.96. The summed E-state index contributed by atoms with van der Waals surface area (Å²) in [6.45, 7) is 5.86. The molecular formula is C13H19NO3S. The molecule has 0 spiro atoms. The minimum atomic E-state index is -3.34. The van der Waals surface area contributed by atoms with Gasteiger partial charge >= 0.3 is 0 Å². The molecule has 1 rings (SSSR count). The van der Waals surface area contributed by atoms with Crippen molar-refractivity contribution in [1.82, 2.24) is 0 Å². The number of carbonyl (C=O) groups excluding carboxylic acids is 1. The maximum atomic E-state index is 11.8. The van der Waals surface area contributed by atoms with Crippen molar-refractivity contribution in [2.45, 2.75) is 32.1 Å². The van der Waals surface area contributed by atoms with Gasteiger partial charge in [-0.05, 0) is 17.5 Å². The lowest BCUT2D eigenvalue weighted by Crippen LogP contribution is -2.20. The molecule has 0 bridgehead atoms. The second-order valence-corrected chi connectivity index (χ2v) is 7.54. The van der Waals surface area contributed by atoms with E-state index in [2.05, 4.69) is 5.32 Å². The number of anilines is 1. The molecule has 0 heterocycles. The van der Waals surface area contributed by atoms with E-state index in [0.29, 0.717) is 12.1 Å². The third kappa shape index (κ3) is 4.49. The highest BCUT2D eigenvalue weighted by atomic mass is 32.2. The van der Waals surface area contributed by atoms with Gasteiger partial charge in [-0.2, -0.15) is 0 Å². The molecule has 4 nitrogen and oxygen atoms in total. The number of rotatable bonds is 3. The lowest BCUT2D eigenvalue weighted by molar-refractivity contribution is -0.117. The molecule has 1 aromatic carbocycles. The second-order valence-electron chi connectivity index (χ2n) is 5.55. The van der Waals surface area contributed by atoms with Crippen LogP contribution in [0.25, 0.3) is 0 Å². The Morgan fingerprint density at radius 1 is 1.22 bits per heavy atom. The van der Waals surface area contributed by atoms with Crippen molar-refractivity contribution in [2.24, 2.45) is 5.41 Å². The molecule has 0 aliphatic heterocycles. The van der Waals surface area contributed by atoms with E-state index >= 15 is 0 Å². The largest absolute Gasteiger partial charge is 0.325 e. The fourth-order valence-electron chi connectivity index (χ4n) is 1.57. The zero-order valence-electron chi connectivity index (χ0n) is 11.1. The first kappa shape index (κ1) is 14.7. The van der Waals surface area contributed by atoms with Crippen LogP contribution in [0.4, 0.5) is 5.69 Å². The molecule has 0 fully saturated rings. The van der Waals surface area contributed by atoms with Crippen LogP contribution in [0.5, 0.6) is 0 Å². The SMILES string of the molecule is CC(C)(C)CC(=O)Nc1ccccc1S(C)(=O)=O. The van der Waals surface area contributed by atoms with Gasteiger partial charge in [0.2, 0.25) is 5.91 Å². The number of nitrogens with one attached hydrogen (secondary N) is 1. The summed E-state index contributed by atoms with van der Waals surface area (Å²) >= 11 is 0. The highest BCUT2D eigenvalue weighted by Crippen LogP contribution is 2.23. The van der Waals surface area contributed by atoms with Gasteiger partial charge in [0.05, 0.1) is 10.6 Å². The summed E-state index contributed by atoms with van der Waals surface area (Å²) < 4.78 is 23.1. The molecule has 0 radical (unpaired) electrons. The number of amides is 1. The normalized spacial score (nSPS) is 12.2. The maximum Gasteiger partial charge on any atom is 0.224 e. The average molecular weight is 269 g/mol. The van der Waals surface area contributed by atoms with Crippen molar-refractivity contribution in [3.63, 3.8) is 0 Å². The van der Waals surface area contributed by atoms with E-state index in [0.717, 1.165) is 6.26 Å². The van der Waals surface area contributed by atoms with E-state index in [1.165, 1.54) is 6.07 Å². The zero-order valence-corrected chi connectivity index (χ0v) is 12.0. The smallest absolute Gasteiger partial charge is 0.224 e. The van der Waals surface area contributed by atoms with E-state index in [-0.39, 0.29) is 16.2 Å². The molecule has 1 aromatic rings. The lowest BCUT2D eigenvalue weighted by atomic mass is 9.92. The van der Waals surface area contributed by atoms with Crippen LogP contribution in [-0.4, -0.2) is 20.6 Å². The van der Waals surface area contributed by atoms with Crippen molar-refractivity contribution in [1.29, 1.82) is 0 Å². The Morgan fingerprint density at radius 3 is 2.28 bits per heavy atom. The van der Waals surface area contributed by atoms with Gasteiger partial charge < -0.3 is 5.32 Å². The van der Waals surface area contributed by atoms with E-state index in [4.69, 9.17) is 0 Å². The van der Waals surface area contributed by atoms with Gasteiger partial charge in [-0.25, -0.2) is 8.42 Å². The van der Waals surface area contributed by atoms with Crippen LogP contribution in [0.1, 0.15) is 27.2 Å². The lowest BCUT2D eigenvalue weighted by Gasteiger charge is -2.18. The molecule has 18 heavy (non-hydrogen) atoms. The minimum Gasteiger partial charge on any atom is -0.325 e. The second kappa shape index (κ2) is 5.10. The molecule has 0 aromatic heterocycles. The molecule has 1 amide bonds. The summed E-state index contributed by atoms with van der Waals surface area (Å²) in [5, 5.41) is 2.66. The predicted octanol–water partition coefficient (Wildman–Crippen LogP) is 2.46. The number of carbonyl (C=O) groups is 1. The monoisotopic (exact) mass is 269 g/mol. The highest BCUT2D eigenvalue weighted by molar-refractivity contribution is 7.90. The first-order valence-electron chi connectivity index (χ1n) is 5.68. The third-order valence-electron chi connectivity index (χ3n) is 2.25. The van der Waals surface area contributed by atoms with Crippen LogP contribution in [0.15, 0.2) is 29.2 Å². The Labute approximate surface area is 108 Å². The van der Waals surface area contributed by atoms with Gasteiger partial charge in [0.1, 0.15) is 0 Å². The Hall–Kier alpha value is -1.36. The van der Waals surface area contributed by atoms with Gasteiger partial charge in [-0.15, -0.1) is 0 Å².